The molecule has 0 aliphatic carbocycles. The van der Waals surface area contributed by atoms with Crippen molar-refractivity contribution in [2.75, 3.05) is 12.4 Å². The van der Waals surface area contributed by atoms with Crippen LogP contribution in [-0.4, -0.2) is 23.0 Å². The lowest BCUT2D eigenvalue weighted by Gasteiger charge is -2.11. The molecule has 0 bridgehead atoms. The molecule has 0 saturated heterocycles. The Balaban J connectivity index is 1.68. The average molecular weight is 376 g/mol. The molecule has 1 aromatic heterocycles. The predicted octanol–water partition coefficient (Wildman–Crippen LogP) is 3.64. The van der Waals surface area contributed by atoms with Crippen LogP contribution in [0, 0.1) is 13.8 Å². The zero-order valence-corrected chi connectivity index (χ0v) is 16.3. The first-order valence-electron chi connectivity index (χ1n) is 9.11. The van der Waals surface area contributed by atoms with Crippen LogP contribution < -0.4 is 15.4 Å². The van der Waals surface area contributed by atoms with Crippen LogP contribution in [0.15, 0.2) is 54.6 Å². The van der Waals surface area contributed by atoms with Gasteiger partial charge in [-0.05, 0) is 37.1 Å². The lowest BCUT2D eigenvalue weighted by molar-refractivity contribution is 0.0945. The highest BCUT2D eigenvalue weighted by atomic mass is 16.5. The first kappa shape index (κ1) is 19.4. The summed E-state index contributed by atoms with van der Waals surface area (Å²) >= 11 is 0. The van der Waals surface area contributed by atoms with Gasteiger partial charge >= 0.3 is 0 Å². The highest BCUT2D eigenvalue weighted by Gasteiger charge is 2.12. The van der Waals surface area contributed by atoms with E-state index in [1.54, 1.807) is 13.2 Å². The van der Waals surface area contributed by atoms with Gasteiger partial charge in [0.25, 0.3) is 5.91 Å². The van der Waals surface area contributed by atoms with E-state index in [0.29, 0.717) is 24.7 Å². The Hall–Kier alpha value is -3.41. The average Bonchev–Trinajstić information content (AvgIpc) is 2.71. The molecule has 144 valence electrons. The van der Waals surface area contributed by atoms with E-state index in [1.165, 1.54) is 5.56 Å². The summed E-state index contributed by atoms with van der Waals surface area (Å²) in [5.41, 5.74) is 4.31. The van der Waals surface area contributed by atoms with Crippen molar-refractivity contribution in [1.29, 1.82) is 0 Å². The highest BCUT2D eigenvalue weighted by Crippen LogP contribution is 2.17. The number of benzene rings is 2. The van der Waals surface area contributed by atoms with Gasteiger partial charge < -0.3 is 15.4 Å². The normalized spacial score (nSPS) is 10.4. The zero-order chi connectivity index (χ0) is 19.9. The highest BCUT2D eigenvalue weighted by molar-refractivity contribution is 5.92. The van der Waals surface area contributed by atoms with E-state index < -0.39 is 0 Å². The number of para-hydroxylation sites is 1. The minimum Gasteiger partial charge on any atom is -0.496 e. The second-order valence-corrected chi connectivity index (χ2v) is 6.49. The number of aryl methyl sites for hydroxylation is 2. The zero-order valence-electron chi connectivity index (χ0n) is 16.3. The topological polar surface area (TPSA) is 76.1 Å². The van der Waals surface area contributed by atoms with E-state index in [0.717, 1.165) is 22.6 Å². The Morgan fingerprint density at radius 1 is 0.964 bits per heavy atom. The molecular formula is C22H24N4O2. The third-order valence-corrected chi connectivity index (χ3v) is 4.42. The molecule has 1 heterocycles. The van der Waals surface area contributed by atoms with Crippen LogP contribution in [0.5, 0.6) is 5.75 Å². The fraction of sp³-hybridized carbons (Fsp3) is 0.227. The van der Waals surface area contributed by atoms with Gasteiger partial charge in [0.1, 0.15) is 11.4 Å². The van der Waals surface area contributed by atoms with Gasteiger partial charge in [0.15, 0.2) is 0 Å². The van der Waals surface area contributed by atoms with Crippen molar-refractivity contribution in [2.45, 2.75) is 26.9 Å². The number of ether oxygens (including phenoxy) is 1. The van der Waals surface area contributed by atoms with Crippen LogP contribution in [-0.2, 0) is 13.1 Å². The van der Waals surface area contributed by atoms with E-state index in [4.69, 9.17) is 4.74 Å². The van der Waals surface area contributed by atoms with Crippen LogP contribution in [0.1, 0.15) is 32.9 Å². The molecule has 0 spiro atoms. The van der Waals surface area contributed by atoms with Crippen LogP contribution in [0.3, 0.4) is 0 Å². The summed E-state index contributed by atoms with van der Waals surface area (Å²) in [4.78, 5) is 21.3. The van der Waals surface area contributed by atoms with Crippen molar-refractivity contribution in [1.82, 2.24) is 15.3 Å². The number of nitrogens with zero attached hydrogens (tertiary/aromatic N) is 2. The van der Waals surface area contributed by atoms with Gasteiger partial charge in [-0.25, -0.2) is 9.97 Å². The van der Waals surface area contributed by atoms with E-state index in [9.17, 15) is 4.79 Å². The quantitative estimate of drug-likeness (QED) is 0.658. The lowest BCUT2D eigenvalue weighted by Crippen LogP contribution is -2.25. The maximum atomic E-state index is 12.6. The molecule has 3 rings (SSSR count). The second kappa shape index (κ2) is 8.99. The minimum atomic E-state index is -0.254. The van der Waals surface area contributed by atoms with Gasteiger partial charge in [-0.2, -0.15) is 0 Å². The number of anilines is 1. The van der Waals surface area contributed by atoms with Crippen molar-refractivity contribution in [3.8, 4) is 5.75 Å². The number of methoxy groups -OCH3 is 1. The van der Waals surface area contributed by atoms with E-state index in [2.05, 4.69) is 39.7 Å². The summed E-state index contributed by atoms with van der Waals surface area (Å²) in [6, 6.07) is 17.4. The second-order valence-electron chi connectivity index (χ2n) is 6.49. The fourth-order valence-electron chi connectivity index (χ4n) is 2.86. The van der Waals surface area contributed by atoms with E-state index in [1.807, 2.05) is 43.3 Å². The van der Waals surface area contributed by atoms with Gasteiger partial charge in [0.2, 0.25) is 5.95 Å². The van der Waals surface area contributed by atoms with Crippen LogP contribution >= 0.6 is 0 Å². The standard InChI is InChI=1S/C22H24N4O2/c1-15-8-4-5-9-17(15)13-24-22-25-16(2)12-19(26-22)21(27)23-14-18-10-6-7-11-20(18)28-3/h4-12H,13-14H2,1-3H3,(H,23,27)(H,24,25,26). The Morgan fingerprint density at radius 3 is 2.43 bits per heavy atom. The van der Waals surface area contributed by atoms with Gasteiger partial charge in [0.05, 0.1) is 7.11 Å². The molecule has 2 aromatic carbocycles. The molecule has 2 N–H and O–H groups in total. The van der Waals surface area contributed by atoms with Crippen molar-refractivity contribution in [2.24, 2.45) is 0 Å². The molecule has 0 fully saturated rings. The lowest BCUT2D eigenvalue weighted by atomic mass is 10.1. The van der Waals surface area contributed by atoms with Crippen LogP contribution in [0.4, 0.5) is 5.95 Å². The monoisotopic (exact) mass is 376 g/mol. The fourth-order valence-corrected chi connectivity index (χ4v) is 2.86. The Bertz CT molecular complexity index is 972. The summed E-state index contributed by atoms with van der Waals surface area (Å²) < 4.78 is 5.32. The van der Waals surface area contributed by atoms with E-state index in [-0.39, 0.29) is 5.91 Å². The number of hydrogen-bond acceptors (Lipinski definition) is 5. The predicted molar refractivity (Wildman–Crippen MR) is 109 cm³/mol. The maximum Gasteiger partial charge on any atom is 0.270 e. The molecule has 0 atom stereocenters. The SMILES string of the molecule is COc1ccccc1CNC(=O)c1cc(C)nc(NCc2ccccc2C)n1. The molecule has 0 unspecified atom stereocenters. The van der Waals surface area contributed by atoms with Gasteiger partial charge in [0, 0.05) is 24.3 Å². The Kier molecular flexibility index (Phi) is 6.22. The molecule has 0 aliphatic rings. The van der Waals surface area contributed by atoms with Crippen LogP contribution in [0.25, 0.3) is 0 Å². The summed E-state index contributed by atoms with van der Waals surface area (Å²) in [7, 11) is 1.61. The maximum absolute atomic E-state index is 12.6. The molecular weight excluding hydrogens is 352 g/mol. The molecule has 0 saturated carbocycles. The van der Waals surface area contributed by atoms with Crippen molar-refractivity contribution in [3.05, 3.63) is 82.7 Å². The van der Waals surface area contributed by atoms with Gasteiger partial charge in [-0.1, -0.05) is 42.5 Å². The van der Waals surface area contributed by atoms with E-state index >= 15 is 0 Å². The number of aromatic nitrogens is 2. The number of carbonyl (C=O) groups is 1. The molecule has 28 heavy (non-hydrogen) atoms. The molecule has 3 aromatic rings. The number of hydrogen-bond donors (Lipinski definition) is 2. The summed E-state index contributed by atoms with van der Waals surface area (Å²) in [5.74, 6) is 0.920. The van der Waals surface area contributed by atoms with Crippen LogP contribution in [0.2, 0.25) is 0 Å². The van der Waals surface area contributed by atoms with Crippen molar-refractivity contribution < 1.29 is 9.53 Å². The first-order valence-corrected chi connectivity index (χ1v) is 9.11. The minimum absolute atomic E-state index is 0.254. The third-order valence-electron chi connectivity index (χ3n) is 4.42. The Morgan fingerprint density at radius 2 is 1.68 bits per heavy atom. The number of nitrogens with one attached hydrogen (secondary N) is 2. The summed E-state index contributed by atoms with van der Waals surface area (Å²) in [6.45, 7) is 4.86. The third kappa shape index (κ3) is 4.85. The molecule has 0 radical (unpaired) electrons. The smallest absolute Gasteiger partial charge is 0.270 e. The van der Waals surface area contributed by atoms with Crippen molar-refractivity contribution >= 4 is 11.9 Å². The summed E-state index contributed by atoms with van der Waals surface area (Å²) in [6.07, 6.45) is 0. The van der Waals surface area contributed by atoms with Gasteiger partial charge in [-0.15, -0.1) is 0 Å². The van der Waals surface area contributed by atoms with Gasteiger partial charge in [-0.3, -0.25) is 4.79 Å². The Labute approximate surface area is 165 Å². The molecule has 6 heteroatoms. The number of rotatable bonds is 7. The van der Waals surface area contributed by atoms with Crippen molar-refractivity contribution in [3.63, 3.8) is 0 Å². The first-order chi connectivity index (χ1) is 13.6. The molecule has 6 nitrogen and oxygen atoms in total. The number of amides is 1. The molecule has 0 aliphatic heterocycles. The number of carbonyl (C=O) groups excluding carboxylic acids is 1. The summed E-state index contributed by atoms with van der Waals surface area (Å²) in [5, 5.41) is 6.10. The largest absolute Gasteiger partial charge is 0.496 e. The molecule has 1 amide bonds.